The molecule has 0 atom stereocenters. The van der Waals surface area contributed by atoms with E-state index in [1.807, 2.05) is 4.90 Å². The first-order valence-electron chi connectivity index (χ1n) is 7.60. The third kappa shape index (κ3) is 4.35. The Labute approximate surface area is 136 Å². The van der Waals surface area contributed by atoms with Gasteiger partial charge in [0, 0.05) is 24.7 Å². The summed E-state index contributed by atoms with van der Waals surface area (Å²) in [5.74, 6) is 0.510. The third-order valence-corrected chi connectivity index (χ3v) is 4.06. The summed E-state index contributed by atoms with van der Waals surface area (Å²) in [6, 6.07) is 5.10. The fraction of sp³-hybridized carbons (Fsp3) is 0.562. The van der Waals surface area contributed by atoms with Gasteiger partial charge < -0.3 is 20.1 Å². The summed E-state index contributed by atoms with van der Waals surface area (Å²) >= 11 is 5.99. The number of hydrogen-bond acceptors (Lipinski definition) is 4. The maximum absolute atomic E-state index is 12.6. The van der Waals surface area contributed by atoms with Crippen molar-refractivity contribution < 1.29 is 14.3 Å². The molecular formula is C16H23ClN2O3. The van der Waals surface area contributed by atoms with Crippen LogP contribution in [0, 0.1) is 0 Å². The summed E-state index contributed by atoms with van der Waals surface area (Å²) in [4.78, 5) is 14.5. The molecule has 122 valence electrons. The Bertz CT molecular complexity index is 502. The van der Waals surface area contributed by atoms with E-state index in [-0.39, 0.29) is 12.0 Å². The number of hydrogen-bond donors (Lipinski definition) is 1. The Balaban J connectivity index is 1.94. The summed E-state index contributed by atoms with van der Waals surface area (Å²) in [6.07, 6.45) is 2.79. The first-order valence-corrected chi connectivity index (χ1v) is 7.98. The zero-order chi connectivity index (χ0) is 15.9. The number of carbonyl (C=O) groups excluding carboxylic acids is 1. The molecule has 0 bridgehead atoms. The fourth-order valence-electron chi connectivity index (χ4n) is 2.58. The zero-order valence-electron chi connectivity index (χ0n) is 12.9. The highest BCUT2D eigenvalue weighted by atomic mass is 35.5. The van der Waals surface area contributed by atoms with Crippen LogP contribution < -0.4 is 10.5 Å². The number of nitrogens with two attached hydrogens (primary N) is 1. The van der Waals surface area contributed by atoms with E-state index in [9.17, 15) is 4.79 Å². The molecule has 1 fully saturated rings. The van der Waals surface area contributed by atoms with Gasteiger partial charge in [-0.1, -0.05) is 11.6 Å². The van der Waals surface area contributed by atoms with Crippen molar-refractivity contribution in [3.8, 4) is 5.75 Å². The van der Waals surface area contributed by atoms with Gasteiger partial charge in [0.25, 0.3) is 5.91 Å². The SMILES string of the molecule is COc1ccc(Cl)cc1C(=O)N1CCC(OCCCN)CC1. The monoisotopic (exact) mass is 326 g/mol. The molecule has 6 heteroatoms. The fourth-order valence-corrected chi connectivity index (χ4v) is 2.75. The van der Waals surface area contributed by atoms with Crippen LogP contribution in [0.1, 0.15) is 29.6 Å². The molecule has 1 aliphatic heterocycles. The van der Waals surface area contributed by atoms with E-state index in [0.29, 0.717) is 42.6 Å². The average Bonchev–Trinajstić information content (AvgIpc) is 2.55. The van der Waals surface area contributed by atoms with Gasteiger partial charge in [0.15, 0.2) is 0 Å². The van der Waals surface area contributed by atoms with E-state index in [1.165, 1.54) is 0 Å². The van der Waals surface area contributed by atoms with Crippen molar-refractivity contribution in [3.63, 3.8) is 0 Å². The molecule has 0 aromatic heterocycles. The van der Waals surface area contributed by atoms with Crippen LogP contribution in [0.25, 0.3) is 0 Å². The van der Waals surface area contributed by atoms with E-state index in [1.54, 1.807) is 25.3 Å². The molecule has 0 spiro atoms. The van der Waals surface area contributed by atoms with Crippen LogP contribution in [-0.2, 0) is 4.74 Å². The molecule has 1 aliphatic rings. The molecule has 0 unspecified atom stereocenters. The Morgan fingerprint density at radius 2 is 2.14 bits per heavy atom. The highest BCUT2D eigenvalue weighted by molar-refractivity contribution is 6.31. The van der Waals surface area contributed by atoms with Gasteiger partial charge in [-0.3, -0.25) is 4.79 Å². The quantitative estimate of drug-likeness (QED) is 0.815. The summed E-state index contributed by atoms with van der Waals surface area (Å²) in [6.45, 7) is 2.70. The number of nitrogens with zero attached hydrogens (tertiary/aromatic N) is 1. The maximum atomic E-state index is 12.6. The normalized spacial score (nSPS) is 15.9. The first kappa shape index (κ1) is 17.1. The first-order chi connectivity index (χ1) is 10.7. The Morgan fingerprint density at radius 3 is 2.77 bits per heavy atom. The molecule has 5 nitrogen and oxygen atoms in total. The van der Waals surface area contributed by atoms with Crippen LogP contribution in [0.2, 0.25) is 5.02 Å². The predicted octanol–water partition coefficient (Wildman–Crippen LogP) is 2.32. The molecule has 0 aliphatic carbocycles. The third-order valence-electron chi connectivity index (χ3n) is 3.82. The molecule has 1 aromatic rings. The Morgan fingerprint density at radius 1 is 1.41 bits per heavy atom. The molecule has 1 heterocycles. The molecule has 1 saturated heterocycles. The Kier molecular flexibility index (Phi) is 6.49. The lowest BCUT2D eigenvalue weighted by atomic mass is 10.1. The second-order valence-electron chi connectivity index (χ2n) is 5.35. The Hall–Kier alpha value is -1.30. The number of ether oxygens (including phenoxy) is 2. The van der Waals surface area contributed by atoms with Gasteiger partial charge in [0.2, 0.25) is 0 Å². The lowest BCUT2D eigenvalue weighted by Crippen LogP contribution is -2.41. The van der Waals surface area contributed by atoms with Gasteiger partial charge in [0.1, 0.15) is 5.75 Å². The smallest absolute Gasteiger partial charge is 0.257 e. The van der Waals surface area contributed by atoms with Crippen LogP contribution in [0.4, 0.5) is 0 Å². The molecule has 2 N–H and O–H groups in total. The molecule has 0 radical (unpaired) electrons. The van der Waals surface area contributed by atoms with Gasteiger partial charge in [0.05, 0.1) is 18.8 Å². The topological polar surface area (TPSA) is 64.8 Å². The van der Waals surface area contributed by atoms with Crippen molar-refractivity contribution in [1.82, 2.24) is 4.90 Å². The minimum atomic E-state index is -0.0419. The van der Waals surface area contributed by atoms with E-state index in [0.717, 1.165) is 19.3 Å². The number of carbonyl (C=O) groups is 1. The van der Waals surface area contributed by atoms with Crippen LogP contribution in [0.3, 0.4) is 0 Å². The van der Waals surface area contributed by atoms with Crippen LogP contribution >= 0.6 is 11.6 Å². The van der Waals surface area contributed by atoms with Gasteiger partial charge in [-0.2, -0.15) is 0 Å². The van der Waals surface area contributed by atoms with Gasteiger partial charge >= 0.3 is 0 Å². The second-order valence-corrected chi connectivity index (χ2v) is 5.79. The van der Waals surface area contributed by atoms with Crippen LogP contribution in [-0.4, -0.2) is 50.3 Å². The number of halogens is 1. The summed E-state index contributed by atoms with van der Waals surface area (Å²) < 4.78 is 11.0. The maximum Gasteiger partial charge on any atom is 0.257 e. The van der Waals surface area contributed by atoms with Gasteiger partial charge in [-0.25, -0.2) is 0 Å². The number of rotatable bonds is 6. The lowest BCUT2D eigenvalue weighted by Gasteiger charge is -2.32. The van der Waals surface area contributed by atoms with Crippen molar-refractivity contribution in [2.24, 2.45) is 5.73 Å². The minimum absolute atomic E-state index is 0.0419. The zero-order valence-corrected chi connectivity index (χ0v) is 13.6. The molecule has 22 heavy (non-hydrogen) atoms. The van der Waals surface area contributed by atoms with Gasteiger partial charge in [-0.05, 0) is 44.0 Å². The van der Waals surface area contributed by atoms with Crippen LogP contribution in [0.15, 0.2) is 18.2 Å². The standard InChI is InChI=1S/C16H23ClN2O3/c1-21-15-4-3-12(17)11-14(15)16(20)19-8-5-13(6-9-19)22-10-2-7-18/h3-4,11,13H,2,5-10,18H2,1H3. The van der Waals surface area contributed by atoms with E-state index in [2.05, 4.69) is 0 Å². The van der Waals surface area contributed by atoms with E-state index >= 15 is 0 Å². The van der Waals surface area contributed by atoms with Crippen LogP contribution in [0.5, 0.6) is 5.75 Å². The molecule has 0 saturated carbocycles. The summed E-state index contributed by atoms with van der Waals surface area (Å²) in [7, 11) is 1.55. The number of benzene rings is 1. The lowest BCUT2D eigenvalue weighted by molar-refractivity contribution is 0.00838. The average molecular weight is 327 g/mol. The second kappa shape index (κ2) is 8.36. The number of methoxy groups -OCH3 is 1. The highest BCUT2D eigenvalue weighted by Crippen LogP contribution is 2.25. The number of amides is 1. The van der Waals surface area contributed by atoms with E-state index < -0.39 is 0 Å². The van der Waals surface area contributed by atoms with Crippen molar-refractivity contribution in [1.29, 1.82) is 0 Å². The molecular weight excluding hydrogens is 304 g/mol. The number of piperidine rings is 1. The predicted molar refractivity (Wildman–Crippen MR) is 86.6 cm³/mol. The van der Waals surface area contributed by atoms with Gasteiger partial charge in [-0.15, -0.1) is 0 Å². The van der Waals surface area contributed by atoms with E-state index in [4.69, 9.17) is 26.8 Å². The molecule has 1 amide bonds. The largest absolute Gasteiger partial charge is 0.496 e. The minimum Gasteiger partial charge on any atom is -0.496 e. The summed E-state index contributed by atoms with van der Waals surface area (Å²) in [5, 5.41) is 0.532. The number of likely N-dealkylation sites (tertiary alicyclic amines) is 1. The highest BCUT2D eigenvalue weighted by Gasteiger charge is 2.25. The molecule has 2 rings (SSSR count). The summed E-state index contributed by atoms with van der Waals surface area (Å²) in [5.41, 5.74) is 5.97. The van der Waals surface area contributed by atoms with Crippen molar-refractivity contribution >= 4 is 17.5 Å². The van der Waals surface area contributed by atoms with Crippen molar-refractivity contribution in [2.75, 3.05) is 33.4 Å². The molecule has 1 aromatic carbocycles. The van der Waals surface area contributed by atoms with Crippen molar-refractivity contribution in [3.05, 3.63) is 28.8 Å². The van der Waals surface area contributed by atoms with Crippen molar-refractivity contribution in [2.45, 2.75) is 25.4 Å².